The lowest BCUT2D eigenvalue weighted by atomic mass is 10.3. The molecule has 0 aromatic carbocycles. The topological polar surface area (TPSA) is 26.3 Å². The molecule has 0 radical (unpaired) electrons. The van der Waals surface area contributed by atoms with Crippen LogP contribution in [0.2, 0.25) is 25.2 Å². The highest BCUT2D eigenvalue weighted by atomic mass is 28.3. The number of rotatable bonds is 4. The average Bonchev–Trinajstić information content (AvgIpc) is 2.01. The number of hydrogen-bond acceptors (Lipinski definition) is 2. The van der Waals surface area contributed by atoms with E-state index in [2.05, 4.69) is 30.5 Å². The molecule has 0 aromatic rings. The average molecular weight is 200 g/mol. The van der Waals surface area contributed by atoms with Crippen LogP contribution in [0.1, 0.15) is 13.3 Å². The third-order valence-corrected chi connectivity index (χ3v) is 4.77. The van der Waals surface area contributed by atoms with Crippen LogP contribution in [0.5, 0.6) is 0 Å². The summed E-state index contributed by atoms with van der Waals surface area (Å²) in [6.45, 7) is 8.78. The predicted molar refractivity (Wildman–Crippen MR) is 58.5 cm³/mol. The fourth-order valence-corrected chi connectivity index (χ4v) is 2.71. The third kappa shape index (κ3) is 4.88. The SMILES string of the molecule is C/C=C/[C@H](CC(=O)OC)[Si](C)(C)C. The fraction of sp³-hybridized carbons (Fsp3) is 0.700. The van der Waals surface area contributed by atoms with Crippen molar-refractivity contribution in [3.05, 3.63) is 12.2 Å². The van der Waals surface area contributed by atoms with E-state index in [1.807, 2.05) is 13.0 Å². The summed E-state index contributed by atoms with van der Waals surface area (Å²) in [5.74, 6) is -0.106. The van der Waals surface area contributed by atoms with Crippen molar-refractivity contribution in [2.45, 2.75) is 38.5 Å². The van der Waals surface area contributed by atoms with Crippen molar-refractivity contribution >= 4 is 14.0 Å². The molecular formula is C10H20O2Si. The Bertz CT molecular complexity index is 192. The van der Waals surface area contributed by atoms with Gasteiger partial charge < -0.3 is 4.74 Å². The summed E-state index contributed by atoms with van der Waals surface area (Å²) >= 11 is 0. The van der Waals surface area contributed by atoms with Crippen LogP contribution in [-0.2, 0) is 9.53 Å². The summed E-state index contributed by atoms with van der Waals surface area (Å²) in [6, 6.07) is 0. The first-order chi connectivity index (χ1) is 5.91. The molecule has 0 amide bonds. The van der Waals surface area contributed by atoms with Gasteiger partial charge in [0, 0.05) is 6.42 Å². The van der Waals surface area contributed by atoms with Gasteiger partial charge in [-0.1, -0.05) is 31.8 Å². The maximum Gasteiger partial charge on any atom is 0.305 e. The molecule has 1 atom stereocenters. The molecule has 2 nitrogen and oxygen atoms in total. The van der Waals surface area contributed by atoms with Gasteiger partial charge in [-0.25, -0.2) is 0 Å². The molecule has 0 aliphatic carbocycles. The smallest absolute Gasteiger partial charge is 0.305 e. The van der Waals surface area contributed by atoms with Crippen LogP contribution in [-0.4, -0.2) is 21.2 Å². The van der Waals surface area contributed by atoms with Gasteiger partial charge >= 0.3 is 5.97 Å². The van der Waals surface area contributed by atoms with Gasteiger partial charge in [-0.05, 0) is 12.5 Å². The van der Waals surface area contributed by atoms with Crippen molar-refractivity contribution in [1.29, 1.82) is 0 Å². The van der Waals surface area contributed by atoms with E-state index in [1.165, 1.54) is 7.11 Å². The number of carbonyl (C=O) groups excluding carboxylic acids is 1. The highest BCUT2D eigenvalue weighted by Crippen LogP contribution is 2.27. The van der Waals surface area contributed by atoms with Gasteiger partial charge in [-0.15, -0.1) is 0 Å². The Kier molecular flexibility index (Phi) is 4.99. The summed E-state index contributed by atoms with van der Waals surface area (Å²) in [6.07, 6.45) is 4.67. The second-order valence-corrected chi connectivity index (χ2v) is 9.75. The number of methoxy groups -OCH3 is 1. The Labute approximate surface area is 82.0 Å². The Hall–Kier alpha value is -0.573. The molecular weight excluding hydrogens is 180 g/mol. The maximum absolute atomic E-state index is 11.1. The molecule has 0 aliphatic heterocycles. The van der Waals surface area contributed by atoms with Crippen LogP contribution in [0.3, 0.4) is 0 Å². The lowest BCUT2D eigenvalue weighted by molar-refractivity contribution is -0.140. The largest absolute Gasteiger partial charge is 0.469 e. The zero-order chi connectivity index (χ0) is 10.5. The number of hydrogen-bond donors (Lipinski definition) is 0. The van der Waals surface area contributed by atoms with Gasteiger partial charge in [0.1, 0.15) is 0 Å². The quantitative estimate of drug-likeness (QED) is 0.396. The second kappa shape index (κ2) is 5.22. The minimum atomic E-state index is -1.27. The van der Waals surface area contributed by atoms with E-state index in [1.54, 1.807) is 0 Å². The second-order valence-electron chi connectivity index (χ2n) is 4.28. The Morgan fingerprint density at radius 3 is 2.31 bits per heavy atom. The molecule has 13 heavy (non-hydrogen) atoms. The lowest BCUT2D eigenvalue weighted by Gasteiger charge is -2.24. The Morgan fingerprint density at radius 2 is 2.00 bits per heavy atom. The molecule has 0 unspecified atom stereocenters. The maximum atomic E-state index is 11.1. The number of ether oxygens (including phenoxy) is 1. The molecule has 0 aromatic heterocycles. The monoisotopic (exact) mass is 200 g/mol. The minimum Gasteiger partial charge on any atom is -0.469 e. The molecule has 3 heteroatoms. The van der Waals surface area contributed by atoms with Gasteiger partial charge in [0.15, 0.2) is 0 Å². The first-order valence-corrected chi connectivity index (χ1v) is 8.19. The van der Waals surface area contributed by atoms with Crippen molar-refractivity contribution in [3.8, 4) is 0 Å². The van der Waals surface area contributed by atoms with Crippen LogP contribution >= 0.6 is 0 Å². The Balaban J connectivity index is 4.36. The van der Waals surface area contributed by atoms with E-state index in [9.17, 15) is 4.79 Å². The molecule has 0 N–H and O–H groups in total. The van der Waals surface area contributed by atoms with Gasteiger partial charge in [0.05, 0.1) is 15.2 Å². The van der Waals surface area contributed by atoms with Crippen LogP contribution in [0.15, 0.2) is 12.2 Å². The summed E-state index contributed by atoms with van der Waals surface area (Å²) in [4.78, 5) is 11.1. The first kappa shape index (κ1) is 12.4. The van der Waals surface area contributed by atoms with Gasteiger partial charge in [0.2, 0.25) is 0 Å². The van der Waals surface area contributed by atoms with E-state index in [0.717, 1.165) is 0 Å². The molecule has 0 aliphatic rings. The van der Waals surface area contributed by atoms with Gasteiger partial charge in [-0.3, -0.25) is 4.79 Å². The molecule has 0 rings (SSSR count). The third-order valence-electron chi connectivity index (χ3n) is 2.15. The van der Waals surface area contributed by atoms with Crippen LogP contribution in [0, 0.1) is 0 Å². The van der Waals surface area contributed by atoms with Gasteiger partial charge in [-0.2, -0.15) is 0 Å². The molecule has 0 heterocycles. The number of allylic oxidation sites excluding steroid dienone is 2. The zero-order valence-corrected chi connectivity index (χ0v) is 10.3. The zero-order valence-electron chi connectivity index (χ0n) is 9.26. The molecule has 0 saturated carbocycles. The van der Waals surface area contributed by atoms with Crippen molar-refractivity contribution in [1.82, 2.24) is 0 Å². The van der Waals surface area contributed by atoms with Crippen molar-refractivity contribution in [2.24, 2.45) is 0 Å². The van der Waals surface area contributed by atoms with Crippen molar-refractivity contribution < 1.29 is 9.53 Å². The lowest BCUT2D eigenvalue weighted by Crippen LogP contribution is -2.28. The van der Waals surface area contributed by atoms with E-state index >= 15 is 0 Å². The number of esters is 1. The normalized spacial score (nSPS) is 14.5. The first-order valence-electron chi connectivity index (χ1n) is 4.61. The highest BCUT2D eigenvalue weighted by molar-refractivity contribution is 6.78. The molecule has 0 fully saturated rings. The molecule has 0 spiro atoms. The molecule has 76 valence electrons. The number of carbonyl (C=O) groups is 1. The van der Waals surface area contributed by atoms with Crippen molar-refractivity contribution in [2.75, 3.05) is 7.11 Å². The predicted octanol–water partition coefficient (Wildman–Crippen LogP) is 2.83. The standard InChI is InChI=1S/C10H20O2Si/c1-6-7-9(13(3,4)5)8-10(11)12-2/h6-7,9H,8H2,1-5H3/b7-6+/t9-/m1/s1. The van der Waals surface area contributed by atoms with E-state index in [-0.39, 0.29) is 5.97 Å². The Morgan fingerprint density at radius 1 is 1.46 bits per heavy atom. The summed E-state index contributed by atoms with van der Waals surface area (Å²) in [5.41, 5.74) is 0.393. The van der Waals surface area contributed by atoms with E-state index in [4.69, 9.17) is 0 Å². The molecule has 0 saturated heterocycles. The van der Waals surface area contributed by atoms with Crippen LogP contribution in [0.25, 0.3) is 0 Å². The fourth-order valence-electron chi connectivity index (χ4n) is 1.16. The van der Waals surface area contributed by atoms with Crippen LogP contribution in [0.4, 0.5) is 0 Å². The van der Waals surface area contributed by atoms with Crippen molar-refractivity contribution in [3.63, 3.8) is 0 Å². The summed E-state index contributed by atoms with van der Waals surface area (Å²) in [5, 5.41) is 0. The molecule has 0 bridgehead atoms. The van der Waals surface area contributed by atoms with E-state index < -0.39 is 8.07 Å². The van der Waals surface area contributed by atoms with Crippen LogP contribution < -0.4 is 0 Å². The van der Waals surface area contributed by atoms with E-state index in [0.29, 0.717) is 12.0 Å². The summed E-state index contributed by atoms with van der Waals surface area (Å²) < 4.78 is 4.67. The van der Waals surface area contributed by atoms with Gasteiger partial charge in [0.25, 0.3) is 0 Å². The minimum absolute atomic E-state index is 0.106. The summed E-state index contributed by atoms with van der Waals surface area (Å²) in [7, 11) is 0.169. The highest BCUT2D eigenvalue weighted by Gasteiger charge is 2.26.